The van der Waals surface area contributed by atoms with Crippen molar-refractivity contribution in [3.8, 4) is 5.75 Å². The molecule has 0 atom stereocenters. The number of nitrogens with zero attached hydrogens (tertiary/aromatic N) is 2. The van der Waals surface area contributed by atoms with Crippen LogP contribution < -0.4 is 20.9 Å². The van der Waals surface area contributed by atoms with E-state index in [1.165, 1.54) is 12.1 Å². The van der Waals surface area contributed by atoms with E-state index in [-0.39, 0.29) is 17.0 Å². The highest BCUT2D eigenvalue weighted by atomic mass is 19.4. The van der Waals surface area contributed by atoms with Gasteiger partial charge in [0.15, 0.2) is 0 Å². The van der Waals surface area contributed by atoms with Crippen LogP contribution in [0.3, 0.4) is 0 Å². The van der Waals surface area contributed by atoms with Crippen LogP contribution in [0.2, 0.25) is 0 Å². The van der Waals surface area contributed by atoms with Crippen molar-refractivity contribution in [3.05, 3.63) is 70.1 Å². The van der Waals surface area contributed by atoms with Crippen LogP contribution in [0.5, 0.6) is 5.75 Å². The molecule has 2 aromatic carbocycles. The minimum Gasteiger partial charge on any atom is -0.406 e. The van der Waals surface area contributed by atoms with E-state index >= 15 is 0 Å². The predicted molar refractivity (Wildman–Crippen MR) is 119 cm³/mol. The van der Waals surface area contributed by atoms with Crippen molar-refractivity contribution in [1.82, 2.24) is 19.9 Å². The lowest BCUT2D eigenvalue weighted by molar-refractivity contribution is -0.274. The highest BCUT2D eigenvalue weighted by molar-refractivity contribution is 6.11. The molecule has 4 aromatic rings. The van der Waals surface area contributed by atoms with Crippen molar-refractivity contribution < 1.29 is 22.7 Å². The maximum atomic E-state index is 12.8. The quantitative estimate of drug-likeness (QED) is 0.421. The minimum absolute atomic E-state index is 0.145. The summed E-state index contributed by atoms with van der Waals surface area (Å²) in [6.07, 6.45) is -3.05. The molecule has 1 amide bonds. The number of aromatic nitrogens is 3. The standard InChI is InChI=1S/C23H20F3N5O3/c24-23(25,26)34-15-6-4-14(5-7-15)22(33)28-16-2-1-3-17-20(16)21-29-19(32)12-18(31(21)30-17)13-8-10-27-11-9-13/h1-7,12-13,27H,8-11H2,(H,28,33)(H,29,32). The molecule has 0 unspecified atom stereocenters. The number of carbonyl (C=O) groups is 1. The lowest BCUT2D eigenvalue weighted by Gasteiger charge is -2.23. The molecule has 0 aliphatic carbocycles. The second-order valence-corrected chi connectivity index (χ2v) is 8.07. The van der Waals surface area contributed by atoms with Crippen molar-refractivity contribution in [2.75, 3.05) is 18.4 Å². The van der Waals surface area contributed by atoms with Gasteiger partial charge in [-0.25, -0.2) is 4.52 Å². The number of alkyl halides is 3. The monoisotopic (exact) mass is 471 g/mol. The molecule has 3 N–H and O–H groups in total. The van der Waals surface area contributed by atoms with Gasteiger partial charge in [-0.3, -0.25) is 9.59 Å². The number of carbonyl (C=O) groups excluding carboxylic acids is 1. The number of ether oxygens (including phenoxy) is 1. The maximum absolute atomic E-state index is 12.8. The van der Waals surface area contributed by atoms with Crippen LogP contribution in [0, 0.1) is 0 Å². The van der Waals surface area contributed by atoms with E-state index in [9.17, 15) is 22.8 Å². The molecule has 5 rings (SSSR count). The Hall–Kier alpha value is -3.86. The number of aromatic amines is 1. The third kappa shape index (κ3) is 4.34. The first-order valence-electron chi connectivity index (χ1n) is 10.7. The minimum atomic E-state index is -4.81. The van der Waals surface area contributed by atoms with Crippen LogP contribution >= 0.6 is 0 Å². The third-order valence-corrected chi connectivity index (χ3v) is 5.82. The topological polar surface area (TPSA) is 101 Å². The molecule has 1 saturated heterocycles. The molecule has 0 radical (unpaired) electrons. The zero-order chi connectivity index (χ0) is 23.9. The Bertz CT molecular complexity index is 1420. The zero-order valence-corrected chi connectivity index (χ0v) is 17.8. The van der Waals surface area contributed by atoms with Gasteiger partial charge < -0.3 is 20.4 Å². The summed E-state index contributed by atoms with van der Waals surface area (Å²) in [4.78, 5) is 28.1. The van der Waals surface area contributed by atoms with E-state index < -0.39 is 18.0 Å². The summed E-state index contributed by atoms with van der Waals surface area (Å²) in [7, 11) is 0. The first kappa shape index (κ1) is 22.0. The molecule has 1 aliphatic rings. The van der Waals surface area contributed by atoms with Gasteiger partial charge in [0, 0.05) is 17.5 Å². The van der Waals surface area contributed by atoms with Crippen LogP contribution in [0.1, 0.15) is 34.8 Å². The number of anilines is 1. The van der Waals surface area contributed by atoms with Crippen LogP contribution in [-0.2, 0) is 0 Å². The van der Waals surface area contributed by atoms with Gasteiger partial charge in [0.1, 0.15) is 11.4 Å². The fourth-order valence-electron chi connectivity index (χ4n) is 4.30. The van der Waals surface area contributed by atoms with Crippen LogP contribution in [0.25, 0.3) is 16.6 Å². The van der Waals surface area contributed by atoms with Crippen LogP contribution in [0.15, 0.2) is 53.3 Å². The van der Waals surface area contributed by atoms with Gasteiger partial charge >= 0.3 is 6.36 Å². The second-order valence-electron chi connectivity index (χ2n) is 8.07. The normalized spacial score (nSPS) is 15.0. The highest BCUT2D eigenvalue weighted by Gasteiger charge is 2.31. The Kier molecular flexibility index (Phi) is 5.48. The van der Waals surface area contributed by atoms with Crippen molar-refractivity contribution in [3.63, 3.8) is 0 Å². The molecule has 1 fully saturated rings. The summed E-state index contributed by atoms with van der Waals surface area (Å²) >= 11 is 0. The van der Waals surface area contributed by atoms with Gasteiger partial charge in [0.25, 0.3) is 11.5 Å². The number of nitrogens with one attached hydrogen (secondary N) is 3. The number of rotatable bonds is 4. The van der Waals surface area contributed by atoms with Crippen molar-refractivity contribution in [2.24, 2.45) is 0 Å². The number of fused-ring (bicyclic) bond motifs is 3. The van der Waals surface area contributed by atoms with Crippen molar-refractivity contribution in [1.29, 1.82) is 0 Å². The summed E-state index contributed by atoms with van der Waals surface area (Å²) in [5.41, 5.74) is 2.18. The number of hydrogen-bond acceptors (Lipinski definition) is 5. The van der Waals surface area contributed by atoms with Crippen molar-refractivity contribution in [2.45, 2.75) is 25.1 Å². The number of benzene rings is 2. The Labute approximate surface area is 190 Å². The molecule has 2 aromatic heterocycles. The first-order valence-corrected chi connectivity index (χ1v) is 10.7. The summed E-state index contributed by atoms with van der Waals surface area (Å²) < 4.78 is 42.7. The van der Waals surface area contributed by atoms with E-state index in [1.807, 2.05) is 0 Å². The summed E-state index contributed by atoms with van der Waals surface area (Å²) in [6, 6.07) is 11.4. The Balaban J connectivity index is 1.50. The summed E-state index contributed by atoms with van der Waals surface area (Å²) in [5.74, 6) is -0.769. The number of amides is 1. The summed E-state index contributed by atoms with van der Waals surface area (Å²) in [6.45, 7) is 1.71. The van der Waals surface area contributed by atoms with Gasteiger partial charge in [-0.15, -0.1) is 13.2 Å². The molecule has 11 heteroatoms. The Morgan fingerprint density at radius 2 is 1.85 bits per heavy atom. The lowest BCUT2D eigenvalue weighted by Crippen LogP contribution is -2.28. The van der Waals surface area contributed by atoms with Gasteiger partial charge in [-0.1, -0.05) is 6.07 Å². The molecule has 176 valence electrons. The Morgan fingerprint density at radius 1 is 1.12 bits per heavy atom. The van der Waals surface area contributed by atoms with E-state index in [2.05, 4.69) is 25.5 Å². The molecule has 0 saturated carbocycles. The number of hydrogen-bond donors (Lipinski definition) is 3. The molecular formula is C23H20F3N5O3. The Morgan fingerprint density at radius 3 is 2.56 bits per heavy atom. The molecule has 3 heterocycles. The van der Waals surface area contributed by atoms with Gasteiger partial charge in [0.2, 0.25) is 0 Å². The molecular weight excluding hydrogens is 451 g/mol. The summed E-state index contributed by atoms with van der Waals surface area (Å²) in [5, 5.41) is 11.3. The second kappa shape index (κ2) is 8.49. The highest BCUT2D eigenvalue weighted by Crippen LogP contribution is 2.31. The van der Waals surface area contributed by atoms with E-state index in [4.69, 9.17) is 0 Å². The molecule has 0 spiro atoms. The smallest absolute Gasteiger partial charge is 0.406 e. The fourth-order valence-corrected chi connectivity index (χ4v) is 4.30. The zero-order valence-electron chi connectivity index (χ0n) is 17.8. The average Bonchev–Trinajstić information content (AvgIpc) is 3.18. The fraction of sp³-hybridized carbons (Fsp3) is 0.261. The van der Waals surface area contributed by atoms with Crippen LogP contribution in [0.4, 0.5) is 18.9 Å². The number of piperidine rings is 1. The van der Waals surface area contributed by atoms with E-state index in [0.29, 0.717) is 22.2 Å². The molecule has 1 aliphatic heterocycles. The lowest BCUT2D eigenvalue weighted by atomic mass is 9.94. The molecule has 34 heavy (non-hydrogen) atoms. The van der Waals surface area contributed by atoms with Gasteiger partial charge in [-0.2, -0.15) is 5.10 Å². The van der Waals surface area contributed by atoms with Gasteiger partial charge in [-0.05, 0) is 62.3 Å². The molecule has 0 bridgehead atoms. The van der Waals surface area contributed by atoms with E-state index in [1.54, 1.807) is 28.8 Å². The first-order chi connectivity index (χ1) is 16.3. The largest absolute Gasteiger partial charge is 0.573 e. The van der Waals surface area contributed by atoms with Crippen molar-refractivity contribution >= 4 is 28.1 Å². The predicted octanol–water partition coefficient (Wildman–Crippen LogP) is 3.79. The van der Waals surface area contributed by atoms with Gasteiger partial charge in [0.05, 0.1) is 22.3 Å². The number of H-pyrrole nitrogens is 1. The molecule has 8 nitrogen and oxygen atoms in total. The van der Waals surface area contributed by atoms with Crippen LogP contribution in [-0.4, -0.2) is 40.0 Å². The third-order valence-electron chi connectivity index (χ3n) is 5.82. The maximum Gasteiger partial charge on any atom is 0.573 e. The average molecular weight is 471 g/mol. The van der Waals surface area contributed by atoms with E-state index in [0.717, 1.165) is 43.8 Å². The SMILES string of the molecule is O=C(Nc1cccc2nn3c(C4CCNCC4)cc(=O)[nH]c3c12)c1ccc(OC(F)(F)F)cc1. The number of halogens is 3.